The summed E-state index contributed by atoms with van der Waals surface area (Å²) in [4.78, 5) is 0. The summed E-state index contributed by atoms with van der Waals surface area (Å²) in [5.41, 5.74) is 2.26. The summed E-state index contributed by atoms with van der Waals surface area (Å²) in [6, 6.07) is 34.7. The number of fused-ring (bicyclic) bond motifs is 3. The molecule has 32 heavy (non-hydrogen) atoms. The molecule has 1 unspecified atom stereocenters. The maximum absolute atomic E-state index is 13.9. The van der Waals surface area contributed by atoms with Crippen molar-refractivity contribution in [1.29, 1.82) is 0 Å². The zero-order chi connectivity index (χ0) is 21.8. The van der Waals surface area contributed by atoms with Crippen LogP contribution in [0.25, 0.3) is 11.1 Å². The fourth-order valence-corrected chi connectivity index (χ4v) is 7.98. The molecule has 0 N–H and O–H groups in total. The lowest BCUT2D eigenvalue weighted by Gasteiger charge is -2.29. The van der Waals surface area contributed by atoms with E-state index >= 15 is 0 Å². The van der Waals surface area contributed by atoms with Crippen LogP contribution < -0.4 is 18.9 Å². The molecule has 0 aliphatic carbocycles. The van der Waals surface area contributed by atoms with Crippen LogP contribution in [-0.4, -0.2) is 12.3 Å². The van der Waals surface area contributed by atoms with E-state index in [1.165, 1.54) is 5.56 Å². The molecule has 1 aliphatic rings. The highest BCUT2D eigenvalue weighted by Gasteiger charge is 2.33. The van der Waals surface area contributed by atoms with Gasteiger partial charge in [0.1, 0.15) is 25.4 Å². The Bertz CT molecular complexity index is 1200. The Hall–Kier alpha value is -3.06. The molecule has 0 amide bonds. The van der Waals surface area contributed by atoms with E-state index in [0.29, 0.717) is 17.7 Å². The van der Waals surface area contributed by atoms with E-state index in [1.54, 1.807) is 24.3 Å². The monoisotopic (exact) mass is 460 g/mol. The normalized spacial score (nSPS) is 14.6. The van der Waals surface area contributed by atoms with Crippen LogP contribution in [0.5, 0.6) is 17.2 Å². The minimum Gasteiger partial charge on any atom is -0.469 e. The fourth-order valence-electron chi connectivity index (χ4n) is 3.63. The second-order valence-electron chi connectivity index (χ2n) is 7.35. The average Bonchev–Trinajstić information content (AvgIpc) is 2.84. The van der Waals surface area contributed by atoms with E-state index in [-0.39, 0.29) is 6.16 Å². The number of benzene rings is 4. The zero-order valence-corrected chi connectivity index (χ0v) is 19.1. The van der Waals surface area contributed by atoms with Gasteiger partial charge in [-0.1, -0.05) is 78.9 Å². The molecule has 0 bridgehead atoms. The van der Waals surface area contributed by atoms with Crippen LogP contribution in [0.3, 0.4) is 0 Å². The minimum absolute atomic E-state index is 0.235. The molecule has 1 atom stereocenters. The molecule has 5 rings (SSSR count). The SMILES string of the molecule is O=P(CCP1Oc2ccccc2-c2ccccc21)(Oc1ccccc1)Oc1ccccc1. The number of hydrogen-bond acceptors (Lipinski definition) is 4. The lowest BCUT2D eigenvalue weighted by Crippen LogP contribution is -2.18. The highest BCUT2D eigenvalue weighted by Crippen LogP contribution is 2.54. The second kappa shape index (κ2) is 9.20. The van der Waals surface area contributed by atoms with Gasteiger partial charge in [0.2, 0.25) is 0 Å². The Morgan fingerprint density at radius 2 is 1.19 bits per heavy atom. The van der Waals surface area contributed by atoms with Crippen molar-refractivity contribution in [2.24, 2.45) is 0 Å². The van der Waals surface area contributed by atoms with Gasteiger partial charge in [0.05, 0.1) is 6.16 Å². The predicted molar refractivity (Wildman–Crippen MR) is 131 cm³/mol. The fraction of sp³-hybridized carbons (Fsp3) is 0.0769. The molecule has 4 aromatic rings. The minimum atomic E-state index is -3.49. The molecule has 4 nitrogen and oxygen atoms in total. The average molecular weight is 460 g/mol. The van der Waals surface area contributed by atoms with Crippen LogP contribution in [0.15, 0.2) is 109 Å². The standard InChI is InChI=1S/C26H22O4P2/c27-32(29-21-11-3-1-4-12-21,30-22-13-5-2-6-14-22)20-19-31-26-18-10-8-16-24(26)23-15-7-9-17-25(23)28-31/h1-18H,19-20H2. The van der Waals surface area contributed by atoms with E-state index in [1.807, 2.05) is 66.7 Å². The van der Waals surface area contributed by atoms with Gasteiger partial charge in [0.15, 0.2) is 0 Å². The van der Waals surface area contributed by atoms with Crippen LogP contribution in [0, 0.1) is 0 Å². The highest BCUT2D eigenvalue weighted by molar-refractivity contribution is 7.63. The van der Waals surface area contributed by atoms with Gasteiger partial charge in [-0.2, -0.15) is 0 Å². The van der Waals surface area contributed by atoms with Gasteiger partial charge >= 0.3 is 7.60 Å². The van der Waals surface area contributed by atoms with E-state index in [9.17, 15) is 4.57 Å². The lowest BCUT2D eigenvalue weighted by atomic mass is 10.0. The van der Waals surface area contributed by atoms with Crippen molar-refractivity contribution in [3.05, 3.63) is 109 Å². The van der Waals surface area contributed by atoms with Crippen LogP contribution in [0.4, 0.5) is 0 Å². The van der Waals surface area contributed by atoms with Crippen molar-refractivity contribution >= 4 is 21.0 Å². The maximum Gasteiger partial charge on any atom is 0.431 e. The number of para-hydroxylation sites is 3. The van der Waals surface area contributed by atoms with Gasteiger partial charge in [-0.25, -0.2) is 4.57 Å². The first kappa shape index (κ1) is 20.8. The molecule has 0 saturated heterocycles. The molecule has 0 radical (unpaired) electrons. The van der Waals surface area contributed by atoms with Crippen molar-refractivity contribution in [2.45, 2.75) is 0 Å². The Morgan fingerprint density at radius 1 is 0.656 bits per heavy atom. The highest BCUT2D eigenvalue weighted by atomic mass is 31.2. The topological polar surface area (TPSA) is 44.8 Å². The van der Waals surface area contributed by atoms with Crippen molar-refractivity contribution in [3.63, 3.8) is 0 Å². The quantitative estimate of drug-likeness (QED) is 0.276. The molecule has 1 aliphatic heterocycles. The van der Waals surface area contributed by atoms with Gasteiger partial charge in [-0.3, -0.25) is 0 Å². The van der Waals surface area contributed by atoms with Gasteiger partial charge in [-0.05, 0) is 35.9 Å². The molecule has 0 saturated carbocycles. The third-order valence-electron chi connectivity index (χ3n) is 5.11. The molecule has 6 heteroatoms. The first-order chi connectivity index (χ1) is 15.7. The summed E-state index contributed by atoms with van der Waals surface area (Å²) < 4.78 is 32.1. The number of rotatable bonds is 7. The molecule has 0 fully saturated rings. The van der Waals surface area contributed by atoms with Gasteiger partial charge in [-0.15, -0.1) is 0 Å². The van der Waals surface area contributed by atoms with Crippen LogP contribution in [0.2, 0.25) is 0 Å². The summed E-state index contributed by atoms with van der Waals surface area (Å²) in [5.74, 6) is 1.91. The summed E-state index contributed by atoms with van der Waals surface area (Å²) in [6.07, 6.45) is 0.788. The Kier molecular flexibility index (Phi) is 5.99. The van der Waals surface area contributed by atoms with E-state index in [0.717, 1.165) is 16.6 Å². The largest absolute Gasteiger partial charge is 0.469 e. The third kappa shape index (κ3) is 4.58. The first-order valence-corrected chi connectivity index (χ1v) is 13.6. The Morgan fingerprint density at radius 3 is 1.84 bits per heavy atom. The van der Waals surface area contributed by atoms with E-state index < -0.39 is 15.7 Å². The van der Waals surface area contributed by atoms with Crippen LogP contribution in [-0.2, 0) is 4.57 Å². The van der Waals surface area contributed by atoms with Crippen molar-refractivity contribution < 1.29 is 18.1 Å². The molecular formula is C26H22O4P2. The summed E-state index contributed by atoms with van der Waals surface area (Å²) in [7, 11) is -4.51. The molecule has 1 heterocycles. The summed E-state index contributed by atoms with van der Waals surface area (Å²) >= 11 is 0. The molecule has 0 aromatic heterocycles. The van der Waals surface area contributed by atoms with E-state index in [4.69, 9.17) is 13.6 Å². The third-order valence-corrected chi connectivity index (χ3v) is 9.19. The van der Waals surface area contributed by atoms with Crippen molar-refractivity contribution in [1.82, 2.24) is 0 Å². The molecular weight excluding hydrogens is 438 g/mol. The lowest BCUT2D eigenvalue weighted by molar-refractivity contribution is 0.387. The van der Waals surface area contributed by atoms with Crippen LogP contribution in [0.1, 0.15) is 0 Å². The smallest absolute Gasteiger partial charge is 0.431 e. The first-order valence-electron chi connectivity index (χ1n) is 10.4. The Balaban J connectivity index is 1.41. The molecule has 0 spiro atoms. The van der Waals surface area contributed by atoms with Crippen LogP contribution >= 0.6 is 15.7 Å². The Labute approximate surface area is 189 Å². The van der Waals surface area contributed by atoms with Gasteiger partial charge < -0.3 is 13.6 Å². The summed E-state index contributed by atoms with van der Waals surface area (Å²) in [5, 5.41) is 1.15. The zero-order valence-electron chi connectivity index (χ0n) is 17.3. The van der Waals surface area contributed by atoms with Gasteiger partial charge in [0.25, 0.3) is 0 Å². The molecule has 160 valence electrons. The molecule has 4 aromatic carbocycles. The van der Waals surface area contributed by atoms with E-state index in [2.05, 4.69) is 18.2 Å². The maximum atomic E-state index is 13.9. The predicted octanol–water partition coefficient (Wildman–Crippen LogP) is 7.12. The van der Waals surface area contributed by atoms with Crippen molar-refractivity contribution in [3.8, 4) is 28.4 Å². The van der Waals surface area contributed by atoms with Gasteiger partial charge in [0, 0.05) is 17.0 Å². The number of hydrogen-bond donors (Lipinski definition) is 0. The summed E-state index contributed by atoms with van der Waals surface area (Å²) in [6.45, 7) is 0. The second-order valence-corrected chi connectivity index (χ2v) is 11.3. The van der Waals surface area contributed by atoms with Crippen molar-refractivity contribution in [2.75, 3.05) is 12.3 Å².